The molecule has 1 aromatic heterocycles. The number of halogens is 1. The highest BCUT2D eigenvalue weighted by Crippen LogP contribution is 2.29. The topological polar surface area (TPSA) is 93.9 Å². The van der Waals surface area contributed by atoms with E-state index >= 15 is 0 Å². The average Bonchev–Trinajstić information content (AvgIpc) is 3.24. The van der Waals surface area contributed by atoms with Crippen LogP contribution in [-0.4, -0.2) is 25.9 Å². The maximum Gasteiger partial charge on any atom is 0.225 e. The molecule has 0 atom stereocenters. The Kier molecular flexibility index (Phi) is 3.66. The first-order valence-corrected chi connectivity index (χ1v) is 6.84. The van der Waals surface area contributed by atoms with Crippen LogP contribution in [-0.2, 0) is 13.1 Å². The third-order valence-corrected chi connectivity index (χ3v) is 3.42. The third kappa shape index (κ3) is 3.63. The van der Waals surface area contributed by atoms with Crippen molar-refractivity contribution < 1.29 is 4.39 Å². The van der Waals surface area contributed by atoms with E-state index < -0.39 is 0 Å². The van der Waals surface area contributed by atoms with Crippen LogP contribution < -0.4 is 11.5 Å². The summed E-state index contributed by atoms with van der Waals surface area (Å²) in [5, 5.41) is 0. The third-order valence-electron chi connectivity index (χ3n) is 3.42. The van der Waals surface area contributed by atoms with Crippen molar-refractivity contribution in [3.63, 3.8) is 0 Å². The molecule has 1 aromatic carbocycles. The molecule has 1 aliphatic rings. The van der Waals surface area contributed by atoms with E-state index in [9.17, 15) is 4.39 Å². The smallest absolute Gasteiger partial charge is 0.225 e. The fraction of sp³-hybridized carbons (Fsp3) is 0.357. The van der Waals surface area contributed by atoms with Crippen LogP contribution in [0.1, 0.15) is 24.2 Å². The number of aromatic nitrogens is 3. The molecule has 1 heterocycles. The molecule has 110 valence electrons. The molecule has 0 aliphatic heterocycles. The number of hydrogen-bond acceptors (Lipinski definition) is 6. The Morgan fingerprint density at radius 3 is 2.19 bits per heavy atom. The Morgan fingerprint density at radius 2 is 1.62 bits per heavy atom. The standard InChI is InChI=1S/C14H17FN6/c15-10-3-1-9(2-4-10)7-21(11-5-6-11)8-12-18-13(16)20-14(17)19-12/h1-4,11H,5-8H2,(H4,16,17,18,19,20). The fourth-order valence-electron chi connectivity index (χ4n) is 2.29. The summed E-state index contributed by atoms with van der Waals surface area (Å²) in [4.78, 5) is 14.2. The van der Waals surface area contributed by atoms with Crippen molar-refractivity contribution in [1.82, 2.24) is 19.9 Å². The second kappa shape index (κ2) is 5.61. The van der Waals surface area contributed by atoms with Crippen LogP contribution in [0.3, 0.4) is 0 Å². The van der Waals surface area contributed by atoms with Gasteiger partial charge in [-0.3, -0.25) is 4.90 Å². The van der Waals surface area contributed by atoms with Crippen LogP contribution in [0.4, 0.5) is 16.3 Å². The SMILES string of the molecule is Nc1nc(N)nc(CN(Cc2ccc(F)cc2)C2CC2)n1. The molecule has 0 amide bonds. The molecule has 0 radical (unpaired) electrons. The fourth-order valence-corrected chi connectivity index (χ4v) is 2.29. The second-order valence-corrected chi connectivity index (χ2v) is 5.23. The van der Waals surface area contributed by atoms with E-state index in [1.165, 1.54) is 12.1 Å². The molecule has 1 aliphatic carbocycles. The van der Waals surface area contributed by atoms with Crippen LogP contribution in [0.5, 0.6) is 0 Å². The molecule has 6 nitrogen and oxygen atoms in total. The van der Waals surface area contributed by atoms with Gasteiger partial charge < -0.3 is 11.5 Å². The van der Waals surface area contributed by atoms with E-state index in [0.717, 1.165) is 24.9 Å². The van der Waals surface area contributed by atoms with E-state index in [-0.39, 0.29) is 17.7 Å². The quantitative estimate of drug-likeness (QED) is 0.862. The van der Waals surface area contributed by atoms with Gasteiger partial charge >= 0.3 is 0 Å². The van der Waals surface area contributed by atoms with Crippen LogP contribution in [0.2, 0.25) is 0 Å². The first-order chi connectivity index (χ1) is 10.1. The molecule has 3 rings (SSSR count). The lowest BCUT2D eigenvalue weighted by Crippen LogP contribution is -2.26. The molecule has 4 N–H and O–H groups in total. The minimum Gasteiger partial charge on any atom is -0.368 e. The van der Waals surface area contributed by atoms with Crippen molar-refractivity contribution in [2.75, 3.05) is 11.5 Å². The van der Waals surface area contributed by atoms with E-state index in [1.807, 2.05) is 0 Å². The Labute approximate surface area is 122 Å². The summed E-state index contributed by atoms with van der Waals surface area (Å²) < 4.78 is 13.0. The molecule has 1 saturated carbocycles. The minimum absolute atomic E-state index is 0.134. The molecule has 1 fully saturated rings. The summed E-state index contributed by atoms with van der Waals surface area (Å²) in [5.41, 5.74) is 12.2. The summed E-state index contributed by atoms with van der Waals surface area (Å²) in [6.45, 7) is 1.27. The molecule has 0 unspecified atom stereocenters. The zero-order valence-electron chi connectivity index (χ0n) is 11.5. The zero-order valence-corrected chi connectivity index (χ0v) is 11.5. The molecule has 0 saturated heterocycles. The van der Waals surface area contributed by atoms with Crippen LogP contribution >= 0.6 is 0 Å². The van der Waals surface area contributed by atoms with Crippen molar-refractivity contribution in [3.05, 3.63) is 41.5 Å². The van der Waals surface area contributed by atoms with Crippen LogP contribution in [0.25, 0.3) is 0 Å². The van der Waals surface area contributed by atoms with Crippen LogP contribution in [0, 0.1) is 5.82 Å². The first kappa shape index (κ1) is 13.7. The summed E-state index contributed by atoms with van der Waals surface area (Å²) >= 11 is 0. The Bertz CT molecular complexity index is 606. The number of benzene rings is 1. The Hall–Kier alpha value is -2.28. The second-order valence-electron chi connectivity index (χ2n) is 5.23. The summed E-state index contributed by atoms with van der Waals surface area (Å²) in [5.74, 6) is 0.605. The van der Waals surface area contributed by atoms with E-state index in [4.69, 9.17) is 11.5 Å². The zero-order chi connectivity index (χ0) is 14.8. The van der Waals surface area contributed by atoms with E-state index in [2.05, 4.69) is 19.9 Å². The summed E-state index contributed by atoms with van der Waals surface area (Å²) in [7, 11) is 0. The number of hydrogen-bond donors (Lipinski definition) is 2. The maximum absolute atomic E-state index is 13.0. The van der Waals surface area contributed by atoms with Gasteiger partial charge in [-0.1, -0.05) is 12.1 Å². The first-order valence-electron chi connectivity index (χ1n) is 6.84. The minimum atomic E-state index is -0.227. The number of nitrogen functional groups attached to an aromatic ring is 2. The Balaban J connectivity index is 1.74. The molecule has 0 spiro atoms. The maximum atomic E-state index is 13.0. The van der Waals surface area contributed by atoms with Gasteiger partial charge in [0.15, 0.2) is 0 Å². The van der Waals surface area contributed by atoms with Crippen molar-refractivity contribution in [1.29, 1.82) is 0 Å². The highest BCUT2D eigenvalue weighted by Gasteiger charge is 2.29. The normalized spacial score (nSPS) is 14.6. The highest BCUT2D eigenvalue weighted by molar-refractivity contribution is 5.26. The molecule has 7 heteroatoms. The predicted molar refractivity (Wildman–Crippen MR) is 77.3 cm³/mol. The summed E-state index contributed by atoms with van der Waals surface area (Å²) in [6.07, 6.45) is 2.30. The van der Waals surface area contributed by atoms with Gasteiger partial charge in [-0.25, -0.2) is 4.39 Å². The van der Waals surface area contributed by atoms with Gasteiger partial charge in [-0.15, -0.1) is 0 Å². The van der Waals surface area contributed by atoms with E-state index in [0.29, 0.717) is 18.4 Å². The van der Waals surface area contributed by atoms with Gasteiger partial charge in [0, 0.05) is 12.6 Å². The van der Waals surface area contributed by atoms with Gasteiger partial charge in [-0.2, -0.15) is 15.0 Å². The molecule has 21 heavy (non-hydrogen) atoms. The number of rotatable bonds is 5. The molecule has 0 bridgehead atoms. The van der Waals surface area contributed by atoms with Crippen molar-refractivity contribution >= 4 is 11.9 Å². The largest absolute Gasteiger partial charge is 0.368 e. The predicted octanol–water partition coefficient (Wildman–Crippen LogP) is 1.34. The van der Waals surface area contributed by atoms with E-state index in [1.54, 1.807) is 12.1 Å². The summed E-state index contributed by atoms with van der Waals surface area (Å²) in [6, 6.07) is 7.04. The van der Waals surface area contributed by atoms with Crippen molar-refractivity contribution in [3.8, 4) is 0 Å². The lowest BCUT2D eigenvalue weighted by atomic mass is 10.2. The number of anilines is 2. The number of nitrogens with zero attached hydrogens (tertiary/aromatic N) is 4. The number of nitrogens with two attached hydrogens (primary N) is 2. The van der Waals surface area contributed by atoms with Gasteiger partial charge in [-0.05, 0) is 30.5 Å². The average molecular weight is 288 g/mol. The van der Waals surface area contributed by atoms with Gasteiger partial charge in [0.2, 0.25) is 11.9 Å². The van der Waals surface area contributed by atoms with Gasteiger partial charge in [0.1, 0.15) is 11.6 Å². The van der Waals surface area contributed by atoms with Gasteiger partial charge in [0.05, 0.1) is 6.54 Å². The van der Waals surface area contributed by atoms with Gasteiger partial charge in [0.25, 0.3) is 0 Å². The molecular weight excluding hydrogens is 271 g/mol. The van der Waals surface area contributed by atoms with Crippen molar-refractivity contribution in [2.45, 2.75) is 32.0 Å². The monoisotopic (exact) mass is 288 g/mol. The van der Waals surface area contributed by atoms with Crippen LogP contribution in [0.15, 0.2) is 24.3 Å². The van der Waals surface area contributed by atoms with Crippen molar-refractivity contribution in [2.24, 2.45) is 0 Å². The lowest BCUT2D eigenvalue weighted by molar-refractivity contribution is 0.239. The highest BCUT2D eigenvalue weighted by atomic mass is 19.1. The molecular formula is C14H17FN6. The lowest BCUT2D eigenvalue weighted by Gasteiger charge is -2.21. The Morgan fingerprint density at radius 1 is 1.00 bits per heavy atom. The molecule has 2 aromatic rings.